The SMILES string of the molecule is CC(/C=C/C(C)(O)C(F)(F)F)C1CCC2C3CC(=O)[C@@H]4C[C@@H](O)CCC4(C)C3CCC12C.CC(/C=C/C(C)(O)C(F)(F)F)C1CCC2C3C[C@H](O)[C@@H]4CC(=O)CCC4(C)C3CCC12C.CC(/C=C/C(C)(O)C(F)(F)F)C1CCC2C3C[C@H](O)[C@@H]4C[C@H](O)CCC4(C)C3CCC12C.CC(C/C=C/C(C)(C)C(F)(F)F)C1CCC2C3C[C@H](O)[C@@H]4C[C@H](O)CCC4(C)C3CCC12C. The Morgan fingerprint density at radius 2 is 0.620 bits per heavy atom. The molecular formula is C106H164F12O11. The van der Waals surface area contributed by atoms with Crippen LogP contribution in [0, 0.1) is 191 Å². The van der Waals surface area contributed by atoms with Crippen LogP contribution in [-0.4, -0.2) is 136 Å². The number of rotatable bonds is 13. The van der Waals surface area contributed by atoms with Gasteiger partial charge >= 0.3 is 24.7 Å². The summed E-state index contributed by atoms with van der Waals surface area (Å²) in [5.41, 5.74) is -9.76. The van der Waals surface area contributed by atoms with Gasteiger partial charge in [0.1, 0.15) is 11.6 Å². The Balaban J connectivity index is 0.000000147. The molecule has 0 spiro atoms. The van der Waals surface area contributed by atoms with E-state index in [9.17, 15) is 108 Å². The Labute approximate surface area is 763 Å². The Kier molecular flexibility index (Phi) is 29.2. The Hall–Kier alpha value is -2.90. The van der Waals surface area contributed by atoms with Gasteiger partial charge in [-0.2, -0.15) is 52.7 Å². The summed E-state index contributed by atoms with van der Waals surface area (Å²) in [6.45, 7) is 31.7. The summed E-state index contributed by atoms with van der Waals surface area (Å²) in [7, 11) is 0. The number of hydrogen-bond acceptors (Lipinski definition) is 11. The molecule has 738 valence electrons. The van der Waals surface area contributed by atoms with Gasteiger partial charge in [0.05, 0.1) is 42.0 Å². The molecule has 11 nitrogen and oxygen atoms in total. The lowest BCUT2D eigenvalue weighted by atomic mass is 9.44. The fourth-order valence-electron chi connectivity index (χ4n) is 34.9. The number of fused-ring (bicyclic) bond motifs is 20. The number of allylic oxidation sites excluding steroid dienone is 5. The van der Waals surface area contributed by atoms with Gasteiger partial charge in [-0.05, 0) is 425 Å². The number of carbonyl (C=O) groups excluding carboxylic acids is 2. The van der Waals surface area contributed by atoms with E-state index in [0.717, 1.165) is 193 Å². The zero-order chi connectivity index (χ0) is 95.5. The first-order valence-electron chi connectivity index (χ1n) is 50.6. The molecule has 16 rings (SSSR count). The first-order chi connectivity index (χ1) is 59.3. The molecule has 16 saturated carbocycles. The molecule has 0 heterocycles. The largest absolute Gasteiger partial charge is 0.420 e. The van der Waals surface area contributed by atoms with E-state index in [1.165, 1.54) is 39.2 Å². The summed E-state index contributed by atoms with van der Waals surface area (Å²) in [5, 5.41) is 93.4. The van der Waals surface area contributed by atoms with Crippen molar-refractivity contribution < 1.29 is 108 Å². The van der Waals surface area contributed by atoms with Crippen LogP contribution in [0.4, 0.5) is 52.7 Å². The second-order valence-electron chi connectivity index (χ2n) is 49.8. The molecule has 0 saturated heterocycles. The fraction of sp³-hybridized carbons (Fsp3) is 0.906. The molecular weight excluding hydrogens is 1680 g/mol. The van der Waals surface area contributed by atoms with E-state index in [4.69, 9.17) is 0 Å². The lowest BCUT2D eigenvalue weighted by Gasteiger charge is -2.62. The summed E-state index contributed by atoms with van der Waals surface area (Å²) in [6, 6.07) is 0. The van der Waals surface area contributed by atoms with Crippen LogP contribution in [0.5, 0.6) is 0 Å². The summed E-state index contributed by atoms with van der Waals surface area (Å²) in [4.78, 5) is 25.3. The topological polar surface area (TPSA) is 216 Å². The first-order valence-corrected chi connectivity index (χ1v) is 50.6. The van der Waals surface area contributed by atoms with Gasteiger partial charge in [-0.3, -0.25) is 9.59 Å². The number of aliphatic hydroxyl groups excluding tert-OH is 6. The van der Waals surface area contributed by atoms with E-state index in [1.54, 1.807) is 24.3 Å². The van der Waals surface area contributed by atoms with Crippen molar-refractivity contribution in [3.8, 4) is 0 Å². The first kappa shape index (κ1) is 103. The van der Waals surface area contributed by atoms with E-state index in [-0.39, 0.29) is 139 Å². The standard InChI is InChI=1S/C28H45F3O2.C26H41F3O3.2C26H39F3O3/c1-17(7-6-12-25(2,3)28(29,30)31)20-8-9-21-19-16-24(33)23-15-18(32)10-13-27(23,5)22(19)11-14-26(20,21)4;3*1-15(7-12-25(4,32)26(27,28)29)18-5-6-19-17-14-22(31)21-13-16(30)8-10-24(21,3)20(17)9-11-23(18,19)2/h6,12,17-24,32-33H,7-11,13-16H2,1-5H3;7,12,15-22,30-32H,5-6,8-11,13-14H2,1-4H3;7,12,15,17-22,31-32H,5-6,8-11,13-14H2,1-4H3;7,12,15-21,30,32H,5-6,8-11,13-14H2,1-4H3/b12-6+;3*12-7+/t17?,18-,19?,20?,21?,22?,23+,24+,26?,27?;15?,16-,17?,18?,19?,20?,21+,22+,23?,24?,25?;15?,17?,18?,19?,20?,21-,22-,23?,24?,25?;15?,16-,17?,18?,19?,20?,21-,23?,24?,25?/m1100/s1. The molecule has 0 aromatic carbocycles. The molecule has 23 heteroatoms. The van der Waals surface area contributed by atoms with Crippen molar-refractivity contribution in [3.05, 3.63) is 48.6 Å². The summed E-state index contributed by atoms with van der Waals surface area (Å²) >= 11 is 0. The average Bonchev–Trinajstić information content (AvgIpc) is 1.68. The minimum atomic E-state index is -4.69. The van der Waals surface area contributed by atoms with Crippen LogP contribution in [0.3, 0.4) is 0 Å². The highest BCUT2D eigenvalue weighted by Gasteiger charge is 2.69. The zero-order valence-corrected chi connectivity index (χ0v) is 80.7. The van der Waals surface area contributed by atoms with E-state index in [0.29, 0.717) is 127 Å². The minimum Gasteiger partial charge on any atom is -0.393 e. The maximum Gasteiger partial charge on any atom is 0.420 e. The summed E-state index contributed by atoms with van der Waals surface area (Å²) in [6.07, 6.45) is 20.4. The fourth-order valence-corrected chi connectivity index (χ4v) is 34.9. The molecule has 129 heavy (non-hydrogen) atoms. The average molecular weight is 1840 g/mol. The van der Waals surface area contributed by atoms with Crippen LogP contribution >= 0.6 is 0 Å². The quantitative estimate of drug-likeness (QED) is 0.0624. The number of aliphatic hydroxyl groups is 9. The van der Waals surface area contributed by atoms with Crippen LogP contribution < -0.4 is 0 Å². The Morgan fingerprint density at radius 3 is 0.977 bits per heavy atom. The van der Waals surface area contributed by atoms with Crippen molar-refractivity contribution in [2.75, 3.05) is 0 Å². The third kappa shape index (κ3) is 18.7. The predicted molar refractivity (Wildman–Crippen MR) is 476 cm³/mol. The molecule has 0 aromatic heterocycles. The second-order valence-corrected chi connectivity index (χ2v) is 49.8. The van der Waals surface area contributed by atoms with Gasteiger partial charge in [0, 0.05) is 25.2 Å². The molecule has 31 unspecified atom stereocenters. The van der Waals surface area contributed by atoms with Crippen LogP contribution in [0.1, 0.15) is 330 Å². The van der Waals surface area contributed by atoms with Crippen LogP contribution in [0.25, 0.3) is 0 Å². The van der Waals surface area contributed by atoms with Crippen molar-refractivity contribution in [2.45, 2.75) is 408 Å². The van der Waals surface area contributed by atoms with Gasteiger partial charge in [-0.15, -0.1) is 0 Å². The summed E-state index contributed by atoms with van der Waals surface area (Å²) < 4.78 is 157. The van der Waals surface area contributed by atoms with Crippen LogP contribution in [0.2, 0.25) is 0 Å². The van der Waals surface area contributed by atoms with Gasteiger partial charge in [-0.1, -0.05) is 113 Å². The molecule has 16 aliphatic rings. The third-order valence-electron chi connectivity index (χ3n) is 42.8. The van der Waals surface area contributed by atoms with E-state index < -0.39 is 53.0 Å². The smallest absolute Gasteiger partial charge is 0.393 e. The third-order valence-corrected chi connectivity index (χ3v) is 42.8. The molecule has 16 fully saturated rings. The van der Waals surface area contributed by atoms with Crippen molar-refractivity contribution >= 4 is 11.6 Å². The monoisotopic (exact) mass is 1840 g/mol. The highest BCUT2D eigenvalue weighted by Crippen LogP contribution is 2.74. The molecule has 0 aromatic rings. The van der Waals surface area contributed by atoms with Crippen molar-refractivity contribution in [1.29, 1.82) is 0 Å². The lowest BCUT2D eigenvalue weighted by molar-refractivity contribution is -0.232. The highest BCUT2D eigenvalue weighted by molar-refractivity contribution is 5.83. The van der Waals surface area contributed by atoms with Gasteiger partial charge < -0.3 is 46.0 Å². The highest BCUT2D eigenvalue weighted by atomic mass is 19.4. The van der Waals surface area contributed by atoms with Crippen molar-refractivity contribution in [3.63, 3.8) is 0 Å². The minimum absolute atomic E-state index is 0.00654. The Morgan fingerprint density at radius 1 is 0.326 bits per heavy atom. The van der Waals surface area contributed by atoms with Gasteiger partial charge in [0.2, 0.25) is 0 Å². The molecule has 16 aliphatic carbocycles. The molecule has 9 N–H and O–H groups in total. The van der Waals surface area contributed by atoms with Crippen molar-refractivity contribution in [2.24, 2.45) is 191 Å². The van der Waals surface area contributed by atoms with E-state index in [1.807, 2.05) is 20.8 Å². The molecule has 0 aliphatic heterocycles. The maximum atomic E-state index is 13.2. The second kappa shape index (κ2) is 36.4. The van der Waals surface area contributed by atoms with Crippen LogP contribution in [0.15, 0.2) is 48.6 Å². The van der Waals surface area contributed by atoms with Gasteiger partial charge in [-0.25, -0.2) is 0 Å². The zero-order valence-electron chi connectivity index (χ0n) is 80.7. The number of ketones is 2. The molecule has 41 atom stereocenters. The van der Waals surface area contributed by atoms with Crippen LogP contribution in [-0.2, 0) is 9.59 Å². The molecule has 0 radical (unpaired) electrons. The Bertz CT molecular complexity index is 4030. The molecule has 0 amide bonds. The number of hydrogen-bond donors (Lipinski definition) is 9. The van der Waals surface area contributed by atoms with Crippen molar-refractivity contribution in [1.82, 2.24) is 0 Å². The van der Waals surface area contributed by atoms with E-state index >= 15 is 0 Å². The van der Waals surface area contributed by atoms with E-state index in [2.05, 4.69) is 62.3 Å². The predicted octanol–water partition coefficient (Wildman–Crippen LogP) is 24.0. The molecule has 0 bridgehead atoms. The normalized spacial score (nSPS) is 48.0. The maximum absolute atomic E-state index is 13.2. The lowest BCUT2D eigenvalue weighted by Crippen LogP contribution is -2.58. The summed E-state index contributed by atoms with van der Waals surface area (Å²) in [5.74, 6) is 8.39. The number of alkyl halides is 12. The van der Waals surface area contributed by atoms with Gasteiger partial charge in [0.15, 0.2) is 16.8 Å². The number of Topliss-reactive ketones (excluding diaryl/α,β-unsaturated/α-hetero) is 2. The number of carbonyl (C=O) groups is 2. The number of halogens is 12. The van der Waals surface area contributed by atoms with Gasteiger partial charge in [0.25, 0.3) is 0 Å².